The molecule has 2 atom stereocenters. The molecule has 0 aromatic heterocycles. The summed E-state index contributed by atoms with van der Waals surface area (Å²) < 4.78 is 5.01. The first kappa shape index (κ1) is 22.2. The van der Waals surface area contributed by atoms with Crippen molar-refractivity contribution in [3.8, 4) is 11.1 Å². The van der Waals surface area contributed by atoms with E-state index in [0.717, 1.165) is 34.7 Å². The third-order valence-electron chi connectivity index (χ3n) is 4.78. The average Bonchev–Trinajstić information content (AvgIpc) is 3.06. The number of fused-ring (bicyclic) bond motifs is 3. The fourth-order valence-corrected chi connectivity index (χ4v) is 3.44. The van der Waals surface area contributed by atoms with Crippen molar-refractivity contribution in [2.75, 3.05) is 6.61 Å². The maximum atomic E-state index is 12.3. The Morgan fingerprint density at radius 1 is 0.935 bits per heavy atom. The van der Waals surface area contributed by atoms with Crippen LogP contribution in [0.2, 0.25) is 0 Å². The lowest BCUT2D eigenvalue weighted by molar-refractivity contribution is -0.128. The summed E-state index contributed by atoms with van der Waals surface area (Å²) in [5.74, 6) is -1.38. The number of aliphatic imine (C=N–C) groups is 2. The maximum absolute atomic E-state index is 12.3. The van der Waals surface area contributed by atoms with Crippen LogP contribution in [0.1, 0.15) is 51.6 Å². The van der Waals surface area contributed by atoms with E-state index in [9.17, 15) is 24.6 Å². The zero-order valence-electron chi connectivity index (χ0n) is 17.1. The highest BCUT2D eigenvalue weighted by molar-refractivity contribution is 6.02. The Morgan fingerprint density at radius 3 is 1.77 bits per heavy atom. The van der Waals surface area contributed by atoms with Gasteiger partial charge in [-0.15, -0.1) is 0 Å². The molecule has 0 saturated carbocycles. The molecule has 8 heteroatoms. The number of carbonyl (C=O) groups is 3. The molecular weight excluding hydrogens is 400 g/mol. The first-order valence-corrected chi connectivity index (χ1v) is 9.68. The van der Waals surface area contributed by atoms with Crippen molar-refractivity contribution < 1.29 is 29.3 Å². The largest absolute Gasteiger partial charge is 0.467 e. The smallest absolute Gasteiger partial charge is 0.293 e. The molecule has 0 bridgehead atoms. The van der Waals surface area contributed by atoms with E-state index in [1.807, 2.05) is 0 Å². The Labute approximate surface area is 178 Å². The summed E-state index contributed by atoms with van der Waals surface area (Å²) in [5.41, 5.74) is 3.92. The number of aliphatic hydroxyl groups excluding tert-OH is 2. The Bertz CT molecular complexity index is 992. The number of ether oxygens (including phenoxy) is 1. The highest BCUT2D eigenvalue weighted by Crippen LogP contribution is 2.45. The Balaban J connectivity index is 2.01. The zero-order chi connectivity index (χ0) is 22.5. The van der Waals surface area contributed by atoms with Crippen molar-refractivity contribution in [1.82, 2.24) is 0 Å². The predicted octanol–water partition coefficient (Wildman–Crippen LogP) is 2.16. The second kappa shape index (κ2) is 9.55. The highest BCUT2D eigenvalue weighted by Gasteiger charge is 2.31. The molecule has 2 N–H and O–H groups in total. The van der Waals surface area contributed by atoms with Crippen molar-refractivity contribution in [2.24, 2.45) is 9.98 Å². The summed E-state index contributed by atoms with van der Waals surface area (Å²) in [7, 11) is 0. The molecule has 31 heavy (non-hydrogen) atoms. The van der Waals surface area contributed by atoms with E-state index >= 15 is 0 Å². The van der Waals surface area contributed by atoms with E-state index in [4.69, 9.17) is 4.74 Å². The van der Waals surface area contributed by atoms with E-state index in [-0.39, 0.29) is 12.5 Å². The fourth-order valence-electron chi connectivity index (χ4n) is 3.44. The van der Waals surface area contributed by atoms with Crippen molar-refractivity contribution in [3.63, 3.8) is 0 Å². The fraction of sp³-hybridized carbons (Fsp3) is 0.261. The number of aliphatic hydroxyl groups is 2. The summed E-state index contributed by atoms with van der Waals surface area (Å²) in [6.45, 7) is 3.37. The van der Waals surface area contributed by atoms with Crippen molar-refractivity contribution in [1.29, 1.82) is 0 Å². The third-order valence-corrected chi connectivity index (χ3v) is 4.78. The standard InChI is InChI=1S/C23H22N2O6/c1-13(27)9-24-22(29)15-3-5-17-18-6-4-16(23(30)25-10-14(2)28)8-20(18)21(11-31-12-26)19(17)7-15/h3-10,12-14,21,27-28H,11H2,1-2H3. The number of rotatable bonds is 7. The normalized spacial score (nSPS) is 16.7. The van der Waals surface area contributed by atoms with Crippen LogP contribution in [-0.4, -0.2) is 59.7 Å². The van der Waals surface area contributed by atoms with E-state index in [1.54, 1.807) is 36.4 Å². The van der Waals surface area contributed by atoms with E-state index < -0.39 is 24.0 Å². The number of nitrogens with zero attached hydrogens (tertiary/aromatic N) is 2. The Kier molecular flexibility index (Phi) is 6.84. The lowest BCUT2D eigenvalue weighted by Crippen LogP contribution is -2.09. The van der Waals surface area contributed by atoms with Crippen LogP contribution in [0, 0.1) is 0 Å². The zero-order valence-corrected chi connectivity index (χ0v) is 17.1. The minimum Gasteiger partial charge on any atom is -0.467 e. The molecule has 0 spiro atoms. The molecule has 0 saturated heterocycles. The molecule has 2 amide bonds. The predicted molar refractivity (Wildman–Crippen MR) is 115 cm³/mol. The van der Waals surface area contributed by atoms with Crippen LogP contribution in [0.25, 0.3) is 11.1 Å². The summed E-state index contributed by atoms with van der Waals surface area (Å²) in [6, 6.07) is 10.2. The third kappa shape index (κ3) is 4.99. The summed E-state index contributed by atoms with van der Waals surface area (Å²) in [6.07, 6.45) is 0.624. The SMILES string of the molecule is CC(O)C=NC(=O)c1ccc2c(c1)C(COC=O)c1cc(C(=O)N=CC(C)O)ccc1-2. The van der Waals surface area contributed by atoms with Gasteiger partial charge in [-0.2, -0.15) is 0 Å². The molecule has 1 aliphatic rings. The number of benzene rings is 2. The van der Waals surface area contributed by atoms with Gasteiger partial charge in [0.2, 0.25) is 0 Å². The van der Waals surface area contributed by atoms with E-state index in [1.165, 1.54) is 13.8 Å². The number of hydrogen-bond donors (Lipinski definition) is 2. The Hall–Kier alpha value is -3.49. The van der Waals surface area contributed by atoms with Gasteiger partial charge in [0, 0.05) is 29.5 Å². The van der Waals surface area contributed by atoms with Crippen LogP contribution in [0.3, 0.4) is 0 Å². The van der Waals surface area contributed by atoms with E-state index in [0.29, 0.717) is 17.6 Å². The molecule has 0 fully saturated rings. The van der Waals surface area contributed by atoms with Crippen LogP contribution in [0.5, 0.6) is 0 Å². The highest BCUT2D eigenvalue weighted by atomic mass is 16.5. The van der Waals surface area contributed by atoms with E-state index in [2.05, 4.69) is 9.98 Å². The van der Waals surface area contributed by atoms with Crippen molar-refractivity contribution in [2.45, 2.75) is 32.0 Å². The van der Waals surface area contributed by atoms with Gasteiger partial charge in [0.05, 0.1) is 12.2 Å². The van der Waals surface area contributed by atoms with Gasteiger partial charge in [-0.25, -0.2) is 9.98 Å². The molecule has 0 radical (unpaired) electrons. The van der Waals surface area contributed by atoms with Gasteiger partial charge >= 0.3 is 0 Å². The molecular formula is C23H22N2O6. The van der Waals surface area contributed by atoms with Gasteiger partial charge in [-0.3, -0.25) is 14.4 Å². The van der Waals surface area contributed by atoms with Crippen molar-refractivity contribution >= 4 is 30.7 Å². The molecule has 2 unspecified atom stereocenters. The van der Waals surface area contributed by atoms with Crippen LogP contribution in [-0.2, 0) is 9.53 Å². The molecule has 0 aliphatic heterocycles. The van der Waals surface area contributed by atoms with Gasteiger partial charge in [0.15, 0.2) is 0 Å². The maximum Gasteiger partial charge on any atom is 0.293 e. The van der Waals surface area contributed by atoms with Gasteiger partial charge in [-0.05, 0) is 60.4 Å². The minimum absolute atomic E-state index is 0.0344. The lowest BCUT2D eigenvalue weighted by atomic mass is 9.95. The van der Waals surface area contributed by atoms with Crippen LogP contribution in [0.15, 0.2) is 46.4 Å². The molecule has 1 aliphatic carbocycles. The molecule has 0 heterocycles. The number of amides is 2. The lowest BCUT2D eigenvalue weighted by Gasteiger charge is -2.13. The molecule has 8 nitrogen and oxygen atoms in total. The van der Waals surface area contributed by atoms with Crippen LogP contribution >= 0.6 is 0 Å². The monoisotopic (exact) mass is 422 g/mol. The number of hydrogen-bond acceptors (Lipinski definition) is 6. The van der Waals surface area contributed by atoms with Crippen molar-refractivity contribution in [3.05, 3.63) is 58.7 Å². The summed E-state index contributed by atoms with van der Waals surface area (Å²) in [5, 5.41) is 18.6. The molecule has 2 aromatic carbocycles. The minimum atomic E-state index is -0.844. The van der Waals surface area contributed by atoms with Gasteiger partial charge < -0.3 is 14.9 Å². The molecule has 160 valence electrons. The molecule has 2 aromatic rings. The van der Waals surface area contributed by atoms with Gasteiger partial charge in [-0.1, -0.05) is 12.1 Å². The van der Waals surface area contributed by atoms with Crippen LogP contribution < -0.4 is 0 Å². The summed E-state index contributed by atoms with van der Waals surface area (Å²) >= 11 is 0. The second-order valence-corrected chi connectivity index (χ2v) is 7.23. The Morgan fingerprint density at radius 2 is 1.39 bits per heavy atom. The summed E-state index contributed by atoms with van der Waals surface area (Å²) in [4.78, 5) is 43.0. The average molecular weight is 422 g/mol. The first-order chi connectivity index (χ1) is 14.8. The van der Waals surface area contributed by atoms with Crippen LogP contribution in [0.4, 0.5) is 0 Å². The van der Waals surface area contributed by atoms with Gasteiger partial charge in [0.25, 0.3) is 18.3 Å². The second-order valence-electron chi connectivity index (χ2n) is 7.23. The first-order valence-electron chi connectivity index (χ1n) is 9.68. The quantitative estimate of drug-likeness (QED) is 0.520. The topological polar surface area (TPSA) is 126 Å². The number of carbonyl (C=O) groups excluding carboxylic acids is 3. The van der Waals surface area contributed by atoms with Gasteiger partial charge in [0.1, 0.15) is 6.61 Å². The molecule has 3 rings (SSSR count).